The molecule has 0 aliphatic heterocycles. The van der Waals surface area contributed by atoms with Gasteiger partial charge in [-0.1, -0.05) is 17.7 Å². The second kappa shape index (κ2) is 8.29. The standard InChI is InChI=1S/C17H19ClN2O5S/c1-24-14-6-4-5-13(10-14)20(26(3,22)23)11-17(21)19-15-9-12(18)7-8-16(15)25-2/h4-10H,11H2,1-3H3,(H,19,21). The molecule has 26 heavy (non-hydrogen) atoms. The summed E-state index contributed by atoms with van der Waals surface area (Å²) in [5.41, 5.74) is 0.671. The predicted octanol–water partition coefficient (Wildman–Crippen LogP) is 2.76. The molecule has 0 radical (unpaired) electrons. The molecule has 2 rings (SSSR count). The smallest absolute Gasteiger partial charge is 0.245 e. The zero-order valence-corrected chi connectivity index (χ0v) is 16.1. The number of nitrogens with one attached hydrogen (secondary N) is 1. The average molecular weight is 399 g/mol. The minimum atomic E-state index is -3.69. The molecule has 140 valence electrons. The van der Waals surface area contributed by atoms with Gasteiger partial charge in [-0.2, -0.15) is 0 Å². The molecule has 0 bridgehead atoms. The van der Waals surface area contributed by atoms with Gasteiger partial charge in [0.15, 0.2) is 0 Å². The summed E-state index contributed by atoms with van der Waals surface area (Å²) < 4.78 is 35.6. The Labute approximate surface area is 157 Å². The van der Waals surface area contributed by atoms with Crippen LogP contribution in [0.5, 0.6) is 11.5 Å². The van der Waals surface area contributed by atoms with E-state index in [1.807, 2.05) is 0 Å². The Morgan fingerprint density at radius 1 is 1.15 bits per heavy atom. The number of hydrogen-bond donors (Lipinski definition) is 1. The molecule has 2 aromatic carbocycles. The van der Waals surface area contributed by atoms with Gasteiger partial charge in [-0.3, -0.25) is 9.10 Å². The summed E-state index contributed by atoms with van der Waals surface area (Å²) in [7, 11) is -0.764. The molecule has 1 N–H and O–H groups in total. The number of nitrogens with zero attached hydrogens (tertiary/aromatic N) is 1. The summed E-state index contributed by atoms with van der Waals surface area (Å²) in [5, 5.41) is 3.03. The quantitative estimate of drug-likeness (QED) is 0.775. The van der Waals surface area contributed by atoms with Gasteiger partial charge in [-0.15, -0.1) is 0 Å². The summed E-state index contributed by atoms with van der Waals surface area (Å²) in [6, 6.07) is 11.2. The van der Waals surface area contributed by atoms with Crippen molar-refractivity contribution in [3.8, 4) is 11.5 Å². The maximum Gasteiger partial charge on any atom is 0.245 e. The molecule has 0 saturated heterocycles. The van der Waals surface area contributed by atoms with E-state index in [1.165, 1.54) is 26.4 Å². The van der Waals surface area contributed by atoms with Crippen molar-refractivity contribution in [3.63, 3.8) is 0 Å². The van der Waals surface area contributed by atoms with Crippen molar-refractivity contribution in [2.45, 2.75) is 0 Å². The first kappa shape index (κ1) is 19.9. The minimum absolute atomic E-state index is 0.319. The lowest BCUT2D eigenvalue weighted by Gasteiger charge is -2.22. The maximum absolute atomic E-state index is 12.4. The Balaban J connectivity index is 2.26. The van der Waals surface area contributed by atoms with Crippen LogP contribution >= 0.6 is 11.6 Å². The van der Waals surface area contributed by atoms with E-state index in [-0.39, 0.29) is 0 Å². The monoisotopic (exact) mass is 398 g/mol. The molecule has 2 aromatic rings. The van der Waals surface area contributed by atoms with Gasteiger partial charge in [0.1, 0.15) is 18.0 Å². The van der Waals surface area contributed by atoms with Crippen molar-refractivity contribution in [2.75, 3.05) is 36.6 Å². The van der Waals surface area contributed by atoms with E-state index in [0.717, 1.165) is 10.6 Å². The van der Waals surface area contributed by atoms with E-state index < -0.39 is 22.5 Å². The molecule has 1 amide bonds. The predicted molar refractivity (Wildman–Crippen MR) is 102 cm³/mol. The first-order valence-corrected chi connectivity index (χ1v) is 9.72. The second-order valence-electron chi connectivity index (χ2n) is 5.36. The number of carbonyl (C=O) groups is 1. The number of amides is 1. The number of sulfonamides is 1. The molecule has 0 aliphatic rings. The lowest BCUT2D eigenvalue weighted by atomic mass is 10.3. The third-order valence-corrected chi connectivity index (χ3v) is 4.84. The van der Waals surface area contributed by atoms with Crippen molar-refractivity contribution in [1.82, 2.24) is 0 Å². The van der Waals surface area contributed by atoms with Crippen LogP contribution in [0.25, 0.3) is 0 Å². The first-order chi connectivity index (χ1) is 12.2. The third-order valence-electron chi connectivity index (χ3n) is 3.46. The van der Waals surface area contributed by atoms with E-state index in [0.29, 0.717) is 27.9 Å². The van der Waals surface area contributed by atoms with E-state index in [1.54, 1.807) is 30.3 Å². The van der Waals surface area contributed by atoms with Gasteiger partial charge in [0, 0.05) is 11.1 Å². The van der Waals surface area contributed by atoms with Gasteiger partial charge < -0.3 is 14.8 Å². The molecule has 7 nitrogen and oxygen atoms in total. The summed E-state index contributed by atoms with van der Waals surface area (Å²) in [4.78, 5) is 12.4. The van der Waals surface area contributed by atoms with Gasteiger partial charge in [-0.05, 0) is 30.3 Å². The number of halogens is 1. The van der Waals surface area contributed by atoms with Crippen LogP contribution in [0.2, 0.25) is 5.02 Å². The Kier molecular flexibility index (Phi) is 6.33. The fourth-order valence-electron chi connectivity index (χ4n) is 2.26. The average Bonchev–Trinajstić information content (AvgIpc) is 2.59. The molecule has 0 aliphatic carbocycles. The molecule has 0 saturated carbocycles. The van der Waals surface area contributed by atoms with Crippen molar-refractivity contribution in [1.29, 1.82) is 0 Å². The zero-order valence-electron chi connectivity index (χ0n) is 14.5. The van der Waals surface area contributed by atoms with Crippen molar-refractivity contribution in [2.24, 2.45) is 0 Å². The van der Waals surface area contributed by atoms with Crippen LogP contribution < -0.4 is 19.1 Å². The van der Waals surface area contributed by atoms with Gasteiger partial charge in [-0.25, -0.2) is 8.42 Å². The number of anilines is 2. The molecule has 0 spiro atoms. The number of benzene rings is 2. The Morgan fingerprint density at radius 2 is 1.88 bits per heavy atom. The lowest BCUT2D eigenvalue weighted by Crippen LogP contribution is -2.37. The number of methoxy groups -OCH3 is 2. The van der Waals surface area contributed by atoms with Gasteiger partial charge in [0.25, 0.3) is 0 Å². The highest BCUT2D eigenvalue weighted by atomic mass is 35.5. The number of hydrogen-bond acceptors (Lipinski definition) is 5. The van der Waals surface area contributed by atoms with Crippen LogP contribution in [0, 0.1) is 0 Å². The molecule has 0 atom stereocenters. The topological polar surface area (TPSA) is 84.9 Å². The molecular formula is C17H19ClN2O5S. The van der Waals surface area contributed by atoms with Crippen molar-refractivity contribution in [3.05, 3.63) is 47.5 Å². The van der Waals surface area contributed by atoms with Crippen LogP contribution in [0.3, 0.4) is 0 Å². The number of carbonyl (C=O) groups excluding carboxylic acids is 1. The highest BCUT2D eigenvalue weighted by molar-refractivity contribution is 7.92. The molecule has 0 aromatic heterocycles. The summed E-state index contributed by atoms with van der Waals surface area (Å²) >= 11 is 5.94. The molecule has 0 fully saturated rings. The van der Waals surface area contributed by atoms with Crippen LogP contribution in [0.15, 0.2) is 42.5 Å². The molecular weight excluding hydrogens is 380 g/mol. The maximum atomic E-state index is 12.4. The van der Waals surface area contributed by atoms with Crippen molar-refractivity contribution >= 4 is 38.9 Å². The first-order valence-electron chi connectivity index (χ1n) is 7.49. The number of rotatable bonds is 7. The van der Waals surface area contributed by atoms with Crippen LogP contribution in [-0.2, 0) is 14.8 Å². The highest BCUT2D eigenvalue weighted by Gasteiger charge is 2.22. The van der Waals surface area contributed by atoms with Gasteiger partial charge >= 0.3 is 0 Å². The van der Waals surface area contributed by atoms with E-state index in [4.69, 9.17) is 21.1 Å². The largest absolute Gasteiger partial charge is 0.497 e. The van der Waals surface area contributed by atoms with Gasteiger partial charge in [0.05, 0.1) is 31.9 Å². The van der Waals surface area contributed by atoms with E-state index in [9.17, 15) is 13.2 Å². The molecule has 0 unspecified atom stereocenters. The van der Waals surface area contributed by atoms with Crippen LogP contribution in [0.1, 0.15) is 0 Å². The minimum Gasteiger partial charge on any atom is -0.497 e. The van der Waals surface area contributed by atoms with Crippen LogP contribution in [-0.4, -0.2) is 41.3 Å². The van der Waals surface area contributed by atoms with E-state index >= 15 is 0 Å². The summed E-state index contributed by atoms with van der Waals surface area (Å²) in [5.74, 6) is 0.349. The molecule has 9 heteroatoms. The van der Waals surface area contributed by atoms with Crippen molar-refractivity contribution < 1.29 is 22.7 Å². The molecule has 0 heterocycles. The SMILES string of the molecule is COc1cccc(N(CC(=O)Nc2cc(Cl)ccc2OC)S(C)(=O)=O)c1. The Morgan fingerprint density at radius 3 is 2.50 bits per heavy atom. The number of ether oxygens (including phenoxy) is 2. The third kappa shape index (κ3) is 5.03. The summed E-state index contributed by atoms with van der Waals surface area (Å²) in [6.45, 7) is -0.415. The Bertz CT molecular complexity index is 902. The van der Waals surface area contributed by atoms with E-state index in [2.05, 4.69) is 5.32 Å². The van der Waals surface area contributed by atoms with Crippen LogP contribution in [0.4, 0.5) is 11.4 Å². The fraction of sp³-hybridized carbons (Fsp3) is 0.235. The highest BCUT2D eigenvalue weighted by Crippen LogP contribution is 2.28. The summed E-state index contributed by atoms with van der Waals surface area (Å²) in [6.07, 6.45) is 1.03. The lowest BCUT2D eigenvalue weighted by molar-refractivity contribution is -0.114. The zero-order chi connectivity index (χ0) is 19.3. The fourth-order valence-corrected chi connectivity index (χ4v) is 3.28. The second-order valence-corrected chi connectivity index (χ2v) is 7.71. The normalized spacial score (nSPS) is 10.9. The Hall–Kier alpha value is -2.45. The van der Waals surface area contributed by atoms with Gasteiger partial charge in [0.2, 0.25) is 15.9 Å².